The van der Waals surface area contributed by atoms with Crippen molar-refractivity contribution >= 4 is 18.0 Å². The van der Waals surface area contributed by atoms with Gasteiger partial charge in [-0.1, -0.05) is 48.5 Å². The minimum Gasteiger partial charge on any atom is -0.480 e. The number of amides is 2. The molecule has 1 aliphatic rings. The Labute approximate surface area is 187 Å². The molecule has 166 valence electrons. The number of fused-ring (bicyclic) bond motifs is 3. The highest BCUT2D eigenvalue weighted by Crippen LogP contribution is 2.44. The van der Waals surface area contributed by atoms with Crippen molar-refractivity contribution in [3.05, 3.63) is 59.7 Å². The second-order valence-corrected chi connectivity index (χ2v) is 7.62. The number of carbonyl (C=O) groups excluding carboxylic acids is 2. The van der Waals surface area contributed by atoms with Gasteiger partial charge in [-0.15, -0.1) is 11.8 Å². The van der Waals surface area contributed by atoms with E-state index < -0.39 is 30.1 Å². The number of hydrogen-bond acceptors (Lipinski definition) is 4. The molecule has 2 unspecified atom stereocenters. The molecule has 2 atom stereocenters. The van der Waals surface area contributed by atoms with Gasteiger partial charge in [-0.25, -0.2) is 9.59 Å². The molecule has 0 aromatic heterocycles. The molecule has 2 amide bonds. The van der Waals surface area contributed by atoms with Crippen LogP contribution >= 0.6 is 0 Å². The van der Waals surface area contributed by atoms with E-state index in [1.165, 1.54) is 14.0 Å². The van der Waals surface area contributed by atoms with Crippen LogP contribution in [0, 0.1) is 11.8 Å². The van der Waals surface area contributed by atoms with Crippen LogP contribution in [0.4, 0.5) is 4.79 Å². The van der Waals surface area contributed by atoms with Gasteiger partial charge in [0.2, 0.25) is 5.91 Å². The van der Waals surface area contributed by atoms with Crippen molar-refractivity contribution in [3.63, 3.8) is 0 Å². The van der Waals surface area contributed by atoms with E-state index in [1.54, 1.807) is 6.92 Å². The number of hydrogen-bond donors (Lipinski definition) is 2. The van der Waals surface area contributed by atoms with Crippen LogP contribution in [0.5, 0.6) is 0 Å². The first kappa shape index (κ1) is 22.9. The molecule has 0 radical (unpaired) electrons. The first-order chi connectivity index (χ1) is 15.3. The van der Waals surface area contributed by atoms with E-state index >= 15 is 0 Å². The summed E-state index contributed by atoms with van der Waals surface area (Å²) in [6.07, 6.45) is -0.699. The third-order valence-corrected chi connectivity index (χ3v) is 5.70. The van der Waals surface area contributed by atoms with Gasteiger partial charge in [-0.2, -0.15) is 0 Å². The van der Waals surface area contributed by atoms with Crippen molar-refractivity contribution in [1.82, 2.24) is 10.2 Å². The number of nitrogens with zero attached hydrogens (tertiary/aromatic N) is 1. The Kier molecular flexibility index (Phi) is 7.16. The lowest BCUT2D eigenvalue weighted by atomic mass is 9.98. The van der Waals surface area contributed by atoms with Crippen LogP contribution in [0.2, 0.25) is 0 Å². The highest BCUT2D eigenvalue weighted by molar-refractivity contribution is 5.89. The molecule has 2 aromatic carbocycles. The second kappa shape index (κ2) is 10.0. The molecule has 7 heteroatoms. The van der Waals surface area contributed by atoms with E-state index in [0.717, 1.165) is 27.2 Å². The third kappa shape index (κ3) is 4.75. The monoisotopic (exact) mass is 434 g/mol. The van der Waals surface area contributed by atoms with Crippen LogP contribution in [-0.2, 0) is 14.3 Å². The molecule has 0 saturated heterocycles. The average Bonchev–Trinajstić information content (AvgIpc) is 3.12. The predicted molar refractivity (Wildman–Crippen MR) is 120 cm³/mol. The summed E-state index contributed by atoms with van der Waals surface area (Å²) >= 11 is 0. The minimum absolute atomic E-state index is 0.0518. The maximum absolute atomic E-state index is 12.7. The standard InChI is InChI=1S/C25H26N2O5/c1-4-5-14-22(23(28)27(3)16(2)24(29)30)26-25(31)32-15-21-19-12-8-6-10-17(19)18-11-7-9-13-20(18)21/h6-13,16,21-22H,14-15H2,1-3H3,(H,26,31)(H,29,30). The van der Waals surface area contributed by atoms with E-state index in [4.69, 9.17) is 4.74 Å². The quantitative estimate of drug-likeness (QED) is 0.653. The van der Waals surface area contributed by atoms with Gasteiger partial charge in [0, 0.05) is 19.4 Å². The zero-order valence-electron chi connectivity index (χ0n) is 18.3. The van der Waals surface area contributed by atoms with Crippen LogP contribution in [-0.4, -0.2) is 53.7 Å². The van der Waals surface area contributed by atoms with Gasteiger partial charge in [-0.3, -0.25) is 4.79 Å². The fourth-order valence-electron chi connectivity index (χ4n) is 3.79. The number of rotatable bonds is 7. The number of nitrogens with one attached hydrogen (secondary N) is 1. The smallest absolute Gasteiger partial charge is 0.407 e. The lowest BCUT2D eigenvalue weighted by Gasteiger charge is -2.26. The largest absolute Gasteiger partial charge is 0.480 e. The number of carboxylic acid groups (broad SMARTS) is 1. The number of aliphatic carboxylic acids is 1. The molecule has 0 bridgehead atoms. The fourth-order valence-corrected chi connectivity index (χ4v) is 3.79. The molecule has 7 nitrogen and oxygen atoms in total. The Morgan fingerprint density at radius 1 is 1.09 bits per heavy atom. The highest BCUT2D eigenvalue weighted by Gasteiger charge is 2.31. The Morgan fingerprint density at radius 3 is 2.19 bits per heavy atom. The SMILES string of the molecule is CC#CCC(NC(=O)OCC1c2ccccc2-c2ccccc21)C(=O)N(C)C(C)C(=O)O. The lowest BCUT2D eigenvalue weighted by Crippen LogP contribution is -2.51. The summed E-state index contributed by atoms with van der Waals surface area (Å²) in [7, 11) is 1.38. The van der Waals surface area contributed by atoms with Crippen molar-refractivity contribution in [2.24, 2.45) is 0 Å². The number of ether oxygens (including phenoxy) is 1. The predicted octanol–water partition coefficient (Wildman–Crippen LogP) is 3.24. The topological polar surface area (TPSA) is 95.9 Å². The summed E-state index contributed by atoms with van der Waals surface area (Å²) in [6, 6.07) is 14.0. The first-order valence-electron chi connectivity index (χ1n) is 10.4. The van der Waals surface area contributed by atoms with E-state index in [0.29, 0.717) is 0 Å². The average molecular weight is 434 g/mol. The summed E-state index contributed by atoms with van der Waals surface area (Å²) in [6.45, 7) is 3.14. The van der Waals surface area contributed by atoms with E-state index in [-0.39, 0.29) is 18.9 Å². The van der Waals surface area contributed by atoms with Crippen molar-refractivity contribution in [2.45, 2.75) is 38.3 Å². The zero-order valence-corrected chi connectivity index (χ0v) is 18.3. The van der Waals surface area contributed by atoms with Crippen LogP contribution in [0.1, 0.15) is 37.3 Å². The Bertz CT molecular complexity index is 1040. The molecular formula is C25H26N2O5. The molecule has 0 aliphatic heterocycles. The molecule has 3 rings (SSSR count). The maximum atomic E-state index is 12.7. The van der Waals surface area contributed by atoms with E-state index in [9.17, 15) is 19.5 Å². The number of likely N-dealkylation sites (N-methyl/N-ethyl adjacent to an activating group) is 1. The van der Waals surface area contributed by atoms with Gasteiger partial charge < -0.3 is 20.1 Å². The molecular weight excluding hydrogens is 408 g/mol. The van der Waals surface area contributed by atoms with E-state index in [1.807, 2.05) is 48.5 Å². The van der Waals surface area contributed by atoms with Crippen LogP contribution in [0.25, 0.3) is 11.1 Å². The fraction of sp³-hybridized carbons (Fsp3) is 0.320. The molecule has 0 heterocycles. The summed E-state index contributed by atoms with van der Waals surface area (Å²) in [5.41, 5.74) is 4.40. The minimum atomic E-state index is -1.14. The Hall–Kier alpha value is -3.79. The Morgan fingerprint density at radius 2 is 1.66 bits per heavy atom. The number of alkyl carbamates (subject to hydrolysis) is 1. The van der Waals surface area contributed by atoms with Gasteiger partial charge in [0.1, 0.15) is 18.7 Å². The number of benzene rings is 2. The number of carboxylic acids is 1. The highest BCUT2D eigenvalue weighted by atomic mass is 16.5. The van der Waals surface area contributed by atoms with E-state index in [2.05, 4.69) is 17.2 Å². The molecule has 32 heavy (non-hydrogen) atoms. The molecule has 1 aliphatic carbocycles. The van der Waals surface area contributed by atoms with Crippen LogP contribution in [0.15, 0.2) is 48.5 Å². The second-order valence-electron chi connectivity index (χ2n) is 7.62. The van der Waals surface area contributed by atoms with Gasteiger partial charge in [0.15, 0.2) is 0 Å². The van der Waals surface area contributed by atoms with Crippen LogP contribution < -0.4 is 5.32 Å². The summed E-state index contributed by atoms with van der Waals surface area (Å²) in [4.78, 5) is 37.6. The summed E-state index contributed by atoms with van der Waals surface area (Å²) in [5.74, 6) is 3.67. The summed E-state index contributed by atoms with van der Waals surface area (Å²) in [5, 5.41) is 11.7. The Balaban J connectivity index is 1.70. The molecule has 0 spiro atoms. The van der Waals surface area contributed by atoms with Gasteiger partial charge >= 0.3 is 12.1 Å². The van der Waals surface area contributed by atoms with Gasteiger partial charge in [-0.05, 0) is 36.1 Å². The molecule has 0 fully saturated rings. The molecule has 2 N–H and O–H groups in total. The van der Waals surface area contributed by atoms with Crippen molar-refractivity contribution in [3.8, 4) is 23.0 Å². The van der Waals surface area contributed by atoms with Crippen molar-refractivity contribution in [2.75, 3.05) is 13.7 Å². The molecule has 0 saturated carbocycles. The summed E-state index contributed by atoms with van der Waals surface area (Å²) < 4.78 is 5.50. The van der Waals surface area contributed by atoms with Crippen molar-refractivity contribution in [1.29, 1.82) is 0 Å². The van der Waals surface area contributed by atoms with Gasteiger partial charge in [0.25, 0.3) is 0 Å². The van der Waals surface area contributed by atoms with Crippen LogP contribution in [0.3, 0.4) is 0 Å². The first-order valence-corrected chi connectivity index (χ1v) is 10.4. The third-order valence-electron chi connectivity index (χ3n) is 5.70. The normalized spacial score (nSPS) is 13.6. The lowest BCUT2D eigenvalue weighted by molar-refractivity contribution is -0.148. The van der Waals surface area contributed by atoms with Crippen molar-refractivity contribution < 1.29 is 24.2 Å². The molecule has 2 aromatic rings. The zero-order chi connectivity index (χ0) is 23.3. The maximum Gasteiger partial charge on any atom is 0.407 e. The van der Waals surface area contributed by atoms with Gasteiger partial charge in [0.05, 0.1) is 0 Å². The number of carbonyl (C=O) groups is 3.